The highest BCUT2D eigenvalue weighted by Gasteiger charge is 2.41. The molecule has 0 bridgehead atoms. The summed E-state index contributed by atoms with van der Waals surface area (Å²) < 4.78 is 0. The molecule has 5 N–H and O–H groups in total. The Hall–Kier alpha value is -4.74. The zero-order valence-electron chi connectivity index (χ0n) is 31.3. The number of hydrogen-bond acceptors (Lipinski definition) is 6. The van der Waals surface area contributed by atoms with Gasteiger partial charge in [-0.25, -0.2) is 0 Å². The predicted molar refractivity (Wildman–Crippen MR) is 198 cm³/mol. The maximum Gasteiger partial charge on any atom is 0.246 e. The first-order valence-electron chi connectivity index (χ1n) is 18.6. The van der Waals surface area contributed by atoms with Gasteiger partial charge in [-0.1, -0.05) is 102 Å². The molecule has 2 aliphatic heterocycles. The molecule has 12 nitrogen and oxygen atoms in total. The number of carbonyl (C=O) groups is 6. The van der Waals surface area contributed by atoms with Gasteiger partial charge >= 0.3 is 0 Å². The molecule has 6 atom stereocenters. The van der Waals surface area contributed by atoms with Crippen LogP contribution in [-0.4, -0.2) is 83.1 Å². The third-order valence-electron chi connectivity index (χ3n) is 9.58. The third-order valence-corrected chi connectivity index (χ3v) is 9.58. The summed E-state index contributed by atoms with van der Waals surface area (Å²) in [5, 5.41) is 14.4. The summed E-state index contributed by atoms with van der Waals surface area (Å²) in [6.45, 7) is 11.6. The minimum absolute atomic E-state index is 0.00316. The Bertz CT molecular complexity index is 1550. The van der Waals surface area contributed by atoms with E-state index in [1.165, 1.54) is 4.90 Å². The number of hydrogen-bond donors (Lipinski definition) is 5. The van der Waals surface area contributed by atoms with E-state index < -0.39 is 71.7 Å². The molecule has 0 aliphatic carbocycles. The van der Waals surface area contributed by atoms with Crippen molar-refractivity contribution in [1.29, 1.82) is 0 Å². The van der Waals surface area contributed by atoms with Crippen molar-refractivity contribution in [3.63, 3.8) is 0 Å². The van der Waals surface area contributed by atoms with E-state index in [-0.39, 0.29) is 43.4 Å². The molecule has 2 saturated heterocycles. The van der Waals surface area contributed by atoms with Crippen LogP contribution in [-0.2, 0) is 41.6 Å². The lowest BCUT2D eigenvalue weighted by molar-refractivity contribution is -0.143. The molecular formula is C40H56N6O6. The summed E-state index contributed by atoms with van der Waals surface area (Å²) in [5.41, 5.74) is 1.61. The zero-order chi connectivity index (χ0) is 37.9. The van der Waals surface area contributed by atoms with E-state index in [9.17, 15) is 28.8 Å². The summed E-state index contributed by atoms with van der Waals surface area (Å²) in [7, 11) is 0. The smallest absolute Gasteiger partial charge is 0.246 e. The first kappa shape index (κ1) is 40.0. The number of carbonyl (C=O) groups excluding carboxylic acids is 6. The third kappa shape index (κ3) is 11.1. The van der Waals surface area contributed by atoms with Gasteiger partial charge in [0.15, 0.2) is 0 Å². The molecule has 0 saturated carbocycles. The molecule has 52 heavy (non-hydrogen) atoms. The van der Waals surface area contributed by atoms with E-state index in [4.69, 9.17) is 0 Å². The highest BCUT2D eigenvalue weighted by atomic mass is 16.2. The van der Waals surface area contributed by atoms with Crippen molar-refractivity contribution in [3.8, 4) is 0 Å². The lowest BCUT2D eigenvalue weighted by Crippen LogP contribution is -2.62. The van der Waals surface area contributed by atoms with Crippen molar-refractivity contribution >= 4 is 35.4 Å². The Kier molecular flexibility index (Phi) is 14.4. The van der Waals surface area contributed by atoms with Crippen LogP contribution in [0, 0.1) is 17.8 Å². The molecule has 12 heteroatoms. The molecule has 2 fully saturated rings. The van der Waals surface area contributed by atoms with Crippen molar-refractivity contribution in [3.05, 3.63) is 71.8 Å². The van der Waals surface area contributed by atoms with E-state index in [1.54, 1.807) is 13.8 Å². The summed E-state index contributed by atoms with van der Waals surface area (Å²) in [6, 6.07) is 12.5. The first-order valence-corrected chi connectivity index (χ1v) is 18.6. The number of nitrogens with zero attached hydrogens (tertiary/aromatic N) is 1. The van der Waals surface area contributed by atoms with Crippen LogP contribution in [0.25, 0.3) is 0 Å². The zero-order valence-corrected chi connectivity index (χ0v) is 31.3. The Morgan fingerprint density at radius 1 is 0.558 bits per heavy atom. The minimum Gasteiger partial charge on any atom is -0.343 e. The van der Waals surface area contributed by atoms with E-state index in [2.05, 4.69) is 26.6 Å². The van der Waals surface area contributed by atoms with Crippen LogP contribution in [0.1, 0.15) is 78.4 Å². The van der Waals surface area contributed by atoms with Crippen molar-refractivity contribution in [2.45, 2.75) is 116 Å². The molecule has 0 aromatic heterocycles. The normalized spacial score (nSPS) is 25.5. The molecular weight excluding hydrogens is 660 g/mol. The van der Waals surface area contributed by atoms with E-state index in [0.29, 0.717) is 19.4 Å². The van der Waals surface area contributed by atoms with Crippen LogP contribution in [0.15, 0.2) is 60.7 Å². The molecule has 0 unspecified atom stereocenters. The van der Waals surface area contributed by atoms with Crippen LogP contribution >= 0.6 is 0 Å². The van der Waals surface area contributed by atoms with Crippen LogP contribution in [0.4, 0.5) is 0 Å². The fourth-order valence-corrected chi connectivity index (χ4v) is 6.88. The molecule has 6 amide bonds. The fourth-order valence-electron chi connectivity index (χ4n) is 6.88. The maximum absolute atomic E-state index is 14.4. The van der Waals surface area contributed by atoms with Crippen molar-refractivity contribution in [2.75, 3.05) is 6.54 Å². The van der Waals surface area contributed by atoms with Gasteiger partial charge in [0, 0.05) is 19.4 Å². The van der Waals surface area contributed by atoms with Gasteiger partial charge in [-0.3, -0.25) is 28.8 Å². The summed E-state index contributed by atoms with van der Waals surface area (Å²) in [6.07, 6.45) is 1.82. The lowest BCUT2D eigenvalue weighted by Gasteiger charge is -2.32. The monoisotopic (exact) mass is 716 g/mol. The average molecular weight is 717 g/mol. The van der Waals surface area contributed by atoms with Crippen LogP contribution in [0.2, 0.25) is 0 Å². The van der Waals surface area contributed by atoms with E-state index in [1.807, 2.05) is 88.4 Å². The molecule has 2 aromatic rings. The largest absolute Gasteiger partial charge is 0.343 e. The standard InChI is InChI=1S/C40H56N6O6/c1-24(2)20-29-35(47)44-32(23-28-16-11-8-12-17-28)40(52)46-19-13-18-33(46)38(50)42-31(22-27-14-9-7-10-15-27)36(48)41-30(21-25(3)4)37(49)45-34(26(5)6)39(51)43-29/h7-12,14-17,24-26,29-34H,13,18-23H2,1-6H3,(H,41,48)(H,42,50)(H,43,51)(H,44,47)(H,45,49)/t29-,30-,31-,32-,33-,34-/m0/s1. The van der Waals surface area contributed by atoms with Crippen LogP contribution in [0.5, 0.6) is 0 Å². The molecule has 4 rings (SSSR count). The molecule has 0 radical (unpaired) electrons. The number of fused-ring (bicyclic) bond motifs is 1. The molecule has 2 heterocycles. The molecule has 2 aliphatic rings. The second kappa shape index (κ2) is 18.7. The number of amides is 6. The molecule has 282 valence electrons. The first-order chi connectivity index (χ1) is 24.7. The number of nitrogens with one attached hydrogen (secondary N) is 5. The summed E-state index contributed by atoms with van der Waals surface area (Å²) >= 11 is 0. The van der Waals surface area contributed by atoms with Gasteiger partial charge in [0.2, 0.25) is 35.4 Å². The van der Waals surface area contributed by atoms with E-state index >= 15 is 0 Å². The lowest BCUT2D eigenvalue weighted by atomic mass is 9.97. The Morgan fingerprint density at radius 2 is 1.00 bits per heavy atom. The highest BCUT2D eigenvalue weighted by molar-refractivity contribution is 5.98. The number of benzene rings is 2. The second-order valence-corrected chi connectivity index (χ2v) is 15.3. The quantitative estimate of drug-likeness (QED) is 0.268. The van der Waals surface area contributed by atoms with Crippen molar-refractivity contribution in [1.82, 2.24) is 31.5 Å². The Labute approximate surface area is 307 Å². The van der Waals surface area contributed by atoms with Gasteiger partial charge in [-0.15, -0.1) is 0 Å². The molecule has 0 spiro atoms. The van der Waals surface area contributed by atoms with Crippen molar-refractivity contribution < 1.29 is 28.8 Å². The van der Waals surface area contributed by atoms with Crippen LogP contribution < -0.4 is 26.6 Å². The van der Waals surface area contributed by atoms with Gasteiger partial charge in [-0.2, -0.15) is 0 Å². The second-order valence-electron chi connectivity index (χ2n) is 15.3. The summed E-state index contributed by atoms with van der Waals surface area (Å²) in [4.78, 5) is 85.8. The van der Waals surface area contributed by atoms with Gasteiger partial charge in [0.25, 0.3) is 0 Å². The van der Waals surface area contributed by atoms with Crippen molar-refractivity contribution in [2.24, 2.45) is 17.8 Å². The van der Waals surface area contributed by atoms with Gasteiger partial charge in [0.05, 0.1) is 0 Å². The average Bonchev–Trinajstić information content (AvgIpc) is 3.59. The Morgan fingerprint density at radius 3 is 1.52 bits per heavy atom. The maximum atomic E-state index is 14.4. The predicted octanol–water partition coefficient (Wildman–Crippen LogP) is 2.65. The SMILES string of the molecule is CC(C)C[C@@H]1NC(=O)[C@H](Cc2ccccc2)NC(=O)[C@@H]2CCCN2C(=O)[C@H](Cc2ccccc2)NC(=O)[C@H](CC(C)C)NC(=O)[C@H](C(C)C)NC1=O. The number of rotatable bonds is 9. The minimum atomic E-state index is -1.06. The Balaban J connectivity index is 1.77. The summed E-state index contributed by atoms with van der Waals surface area (Å²) in [5.74, 6) is -3.42. The van der Waals surface area contributed by atoms with Gasteiger partial charge in [0.1, 0.15) is 36.3 Å². The fraction of sp³-hybridized carbons (Fsp3) is 0.550. The topological polar surface area (TPSA) is 166 Å². The van der Waals surface area contributed by atoms with Gasteiger partial charge in [-0.05, 0) is 54.6 Å². The van der Waals surface area contributed by atoms with E-state index in [0.717, 1.165) is 11.1 Å². The van der Waals surface area contributed by atoms with Gasteiger partial charge < -0.3 is 31.5 Å². The highest BCUT2D eigenvalue weighted by Crippen LogP contribution is 2.21. The van der Waals surface area contributed by atoms with Crippen LogP contribution in [0.3, 0.4) is 0 Å². The molecule has 2 aromatic carbocycles.